The minimum absolute atomic E-state index is 0.0830. The lowest BCUT2D eigenvalue weighted by atomic mass is 10.1. The second-order valence-corrected chi connectivity index (χ2v) is 12.9. The highest BCUT2D eigenvalue weighted by Crippen LogP contribution is 2.41. The van der Waals surface area contributed by atoms with Gasteiger partial charge in [-0.15, -0.1) is 0 Å². The molecule has 0 bridgehead atoms. The zero-order chi connectivity index (χ0) is 15.6. The molecule has 1 rings (SSSR count). The Bertz CT molecular complexity index is 458. The number of alkyl halides is 1. The fraction of sp³-hybridized carbons (Fsp3) is 0.600. The van der Waals surface area contributed by atoms with Crippen molar-refractivity contribution in [1.82, 2.24) is 0 Å². The lowest BCUT2D eigenvalue weighted by Gasteiger charge is -2.39. The molecule has 1 aromatic carbocycles. The molecule has 0 aliphatic carbocycles. The summed E-state index contributed by atoms with van der Waals surface area (Å²) in [6.45, 7) is 11.1. The first-order valence-electron chi connectivity index (χ1n) is 6.77. The van der Waals surface area contributed by atoms with E-state index in [9.17, 15) is 4.39 Å². The van der Waals surface area contributed by atoms with Crippen molar-refractivity contribution in [2.24, 2.45) is 0 Å². The minimum atomic E-state index is -1.89. The summed E-state index contributed by atoms with van der Waals surface area (Å²) in [6, 6.07) is 4.79. The molecule has 114 valence electrons. The highest BCUT2D eigenvalue weighted by molar-refractivity contribution is 9.10. The van der Waals surface area contributed by atoms with Gasteiger partial charge < -0.3 is 4.43 Å². The predicted octanol–water partition coefficient (Wildman–Crippen LogP) is 6.44. The Morgan fingerprint density at radius 2 is 1.90 bits per heavy atom. The Morgan fingerprint density at radius 1 is 1.30 bits per heavy atom. The lowest BCUT2D eigenvalue weighted by Crippen LogP contribution is -2.42. The standard InChI is InChI=1S/C15H23Br2FOSi/c1-15(2,3)20(4,5)19-14(8-9-16)12-10-11(18)6-7-13(12)17/h6-7,10,14H,8-9H2,1-5H3. The van der Waals surface area contributed by atoms with E-state index >= 15 is 0 Å². The van der Waals surface area contributed by atoms with E-state index in [4.69, 9.17) is 4.43 Å². The molecule has 0 radical (unpaired) electrons. The van der Waals surface area contributed by atoms with Crippen LogP contribution in [0.4, 0.5) is 4.39 Å². The van der Waals surface area contributed by atoms with E-state index in [2.05, 4.69) is 65.7 Å². The van der Waals surface area contributed by atoms with Crippen molar-refractivity contribution < 1.29 is 8.82 Å². The van der Waals surface area contributed by atoms with Gasteiger partial charge in [-0.3, -0.25) is 0 Å². The summed E-state index contributed by atoms with van der Waals surface area (Å²) >= 11 is 6.99. The third kappa shape index (κ3) is 4.65. The van der Waals surface area contributed by atoms with Gasteiger partial charge in [0.25, 0.3) is 0 Å². The molecule has 1 unspecified atom stereocenters. The van der Waals surface area contributed by atoms with Gasteiger partial charge in [-0.25, -0.2) is 4.39 Å². The predicted molar refractivity (Wildman–Crippen MR) is 93.5 cm³/mol. The molecule has 0 amide bonds. The van der Waals surface area contributed by atoms with E-state index in [1.165, 1.54) is 6.07 Å². The Kier molecular flexibility index (Phi) is 6.45. The molecule has 0 aromatic heterocycles. The van der Waals surface area contributed by atoms with Crippen LogP contribution in [-0.4, -0.2) is 13.6 Å². The molecule has 0 spiro atoms. The summed E-state index contributed by atoms with van der Waals surface area (Å²) in [4.78, 5) is 0. The van der Waals surface area contributed by atoms with E-state index in [1.807, 2.05) is 0 Å². The average Bonchev–Trinajstić information content (AvgIpc) is 2.30. The summed E-state index contributed by atoms with van der Waals surface area (Å²) in [5.74, 6) is -0.221. The highest BCUT2D eigenvalue weighted by atomic mass is 79.9. The van der Waals surface area contributed by atoms with Crippen molar-refractivity contribution in [3.63, 3.8) is 0 Å². The second kappa shape index (κ2) is 7.03. The van der Waals surface area contributed by atoms with Crippen LogP contribution in [0.2, 0.25) is 18.1 Å². The number of benzene rings is 1. The van der Waals surface area contributed by atoms with Crippen molar-refractivity contribution in [3.8, 4) is 0 Å². The van der Waals surface area contributed by atoms with Gasteiger partial charge in [-0.05, 0) is 48.3 Å². The van der Waals surface area contributed by atoms with Crippen molar-refractivity contribution in [1.29, 1.82) is 0 Å². The first kappa shape index (κ1) is 18.3. The van der Waals surface area contributed by atoms with Gasteiger partial charge >= 0.3 is 0 Å². The van der Waals surface area contributed by atoms with E-state index in [0.29, 0.717) is 0 Å². The molecule has 1 atom stereocenters. The van der Waals surface area contributed by atoms with Gasteiger partial charge in [-0.2, -0.15) is 0 Å². The Labute approximate surface area is 139 Å². The van der Waals surface area contributed by atoms with Gasteiger partial charge in [0.05, 0.1) is 6.10 Å². The van der Waals surface area contributed by atoms with Crippen LogP contribution in [0.5, 0.6) is 0 Å². The molecule has 0 fully saturated rings. The SMILES string of the molecule is CC(C)(C)[Si](C)(C)OC(CCBr)c1cc(F)ccc1Br. The molecule has 0 N–H and O–H groups in total. The summed E-state index contributed by atoms with van der Waals surface area (Å²) in [7, 11) is -1.89. The largest absolute Gasteiger partial charge is 0.410 e. The van der Waals surface area contributed by atoms with Crippen LogP contribution < -0.4 is 0 Å². The lowest BCUT2D eigenvalue weighted by molar-refractivity contribution is 0.180. The van der Waals surface area contributed by atoms with Crippen molar-refractivity contribution in [2.45, 2.75) is 51.4 Å². The highest BCUT2D eigenvalue weighted by Gasteiger charge is 2.39. The Morgan fingerprint density at radius 3 is 2.40 bits per heavy atom. The molecule has 0 heterocycles. The molecule has 20 heavy (non-hydrogen) atoms. The Balaban J connectivity index is 3.09. The number of rotatable bonds is 5. The molecule has 0 saturated heterocycles. The number of hydrogen-bond donors (Lipinski definition) is 0. The molecule has 5 heteroatoms. The molecule has 0 saturated carbocycles. The van der Waals surface area contributed by atoms with Crippen molar-refractivity contribution in [2.75, 3.05) is 5.33 Å². The summed E-state index contributed by atoms with van der Waals surface area (Å²) in [5, 5.41) is 0.965. The molecular weight excluding hydrogens is 403 g/mol. The van der Waals surface area contributed by atoms with Crippen LogP contribution in [0.1, 0.15) is 38.9 Å². The normalized spacial score (nSPS) is 14.4. The van der Waals surface area contributed by atoms with Crippen LogP contribution in [-0.2, 0) is 4.43 Å². The zero-order valence-corrected chi connectivity index (χ0v) is 16.9. The van der Waals surface area contributed by atoms with Gasteiger partial charge in [0, 0.05) is 9.80 Å². The second-order valence-electron chi connectivity index (χ2n) is 6.51. The molecule has 0 aliphatic heterocycles. The van der Waals surface area contributed by atoms with Crippen LogP contribution in [0.25, 0.3) is 0 Å². The van der Waals surface area contributed by atoms with E-state index in [-0.39, 0.29) is 17.0 Å². The third-order valence-electron chi connectivity index (χ3n) is 3.92. The van der Waals surface area contributed by atoms with E-state index < -0.39 is 8.32 Å². The van der Waals surface area contributed by atoms with Crippen molar-refractivity contribution >= 4 is 40.2 Å². The monoisotopic (exact) mass is 424 g/mol. The summed E-state index contributed by atoms with van der Waals surface area (Å²) < 4.78 is 20.9. The molecular formula is C15H23Br2FOSi. The third-order valence-corrected chi connectivity index (χ3v) is 9.59. The quantitative estimate of drug-likeness (QED) is 0.389. The fourth-order valence-electron chi connectivity index (χ4n) is 1.67. The average molecular weight is 426 g/mol. The van der Waals surface area contributed by atoms with Gasteiger partial charge in [0.2, 0.25) is 0 Å². The topological polar surface area (TPSA) is 9.23 Å². The maximum Gasteiger partial charge on any atom is 0.192 e. The summed E-state index contributed by atoms with van der Waals surface area (Å²) in [5.41, 5.74) is 0.897. The van der Waals surface area contributed by atoms with E-state index in [1.54, 1.807) is 12.1 Å². The van der Waals surface area contributed by atoms with E-state index in [0.717, 1.165) is 21.8 Å². The van der Waals surface area contributed by atoms with Crippen LogP contribution >= 0.6 is 31.9 Å². The maximum atomic E-state index is 13.5. The first-order chi connectivity index (χ1) is 9.08. The molecule has 1 aromatic rings. The zero-order valence-electron chi connectivity index (χ0n) is 12.8. The van der Waals surface area contributed by atoms with Gasteiger partial charge in [-0.1, -0.05) is 52.6 Å². The summed E-state index contributed by atoms with van der Waals surface area (Å²) in [6.07, 6.45) is 0.745. The van der Waals surface area contributed by atoms with Crippen LogP contribution in [0.15, 0.2) is 22.7 Å². The van der Waals surface area contributed by atoms with Crippen molar-refractivity contribution in [3.05, 3.63) is 34.1 Å². The maximum absolute atomic E-state index is 13.5. The Hall–Kier alpha value is 0.287. The van der Waals surface area contributed by atoms with Gasteiger partial charge in [0.15, 0.2) is 8.32 Å². The number of hydrogen-bond acceptors (Lipinski definition) is 1. The molecule has 1 nitrogen and oxygen atoms in total. The molecule has 0 aliphatic rings. The number of halogens is 3. The fourth-order valence-corrected chi connectivity index (χ4v) is 3.90. The van der Waals surface area contributed by atoms with Crippen LogP contribution in [0.3, 0.4) is 0 Å². The van der Waals surface area contributed by atoms with Crippen LogP contribution in [0, 0.1) is 5.82 Å². The minimum Gasteiger partial charge on any atom is -0.410 e. The first-order valence-corrected chi connectivity index (χ1v) is 11.6. The smallest absolute Gasteiger partial charge is 0.192 e. The van der Waals surface area contributed by atoms with Gasteiger partial charge in [0.1, 0.15) is 5.82 Å².